The average Bonchev–Trinajstić information content (AvgIpc) is 2.89. The Labute approximate surface area is 151 Å². The molecule has 0 saturated heterocycles. The number of carbonyl (C=O) groups is 1. The summed E-state index contributed by atoms with van der Waals surface area (Å²) >= 11 is 1.34. The highest BCUT2D eigenvalue weighted by molar-refractivity contribution is 7.20. The largest absolute Gasteiger partial charge is 0.459 e. The Hall–Kier alpha value is -2.47. The van der Waals surface area contributed by atoms with Crippen LogP contribution in [0.15, 0.2) is 24.5 Å². The van der Waals surface area contributed by atoms with Gasteiger partial charge in [0.25, 0.3) is 0 Å². The maximum atomic E-state index is 12.3. The Kier molecular flexibility index (Phi) is 4.72. The van der Waals surface area contributed by atoms with E-state index in [0.29, 0.717) is 10.7 Å². The summed E-state index contributed by atoms with van der Waals surface area (Å²) in [7, 11) is 0. The van der Waals surface area contributed by atoms with Crippen molar-refractivity contribution < 1.29 is 9.53 Å². The van der Waals surface area contributed by atoms with Crippen molar-refractivity contribution in [1.82, 2.24) is 9.97 Å². The van der Waals surface area contributed by atoms with Gasteiger partial charge in [0.1, 0.15) is 21.9 Å². The molecule has 0 saturated carbocycles. The molecule has 0 aliphatic heterocycles. The highest BCUT2D eigenvalue weighted by Gasteiger charge is 2.21. The summed E-state index contributed by atoms with van der Waals surface area (Å²) in [6.07, 6.45) is 1.36. The molecule has 0 unspecified atom stereocenters. The second-order valence-corrected chi connectivity index (χ2v) is 7.28. The van der Waals surface area contributed by atoms with Gasteiger partial charge in [-0.3, -0.25) is 0 Å². The molecule has 0 radical (unpaired) electrons. The van der Waals surface area contributed by atoms with Crippen LogP contribution in [0.5, 0.6) is 0 Å². The van der Waals surface area contributed by atoms with Gasteiger partial charge in [0.2, 0.25) is 0 Å². The molecule has 0 aliphatic carbocycles. The number of rotatable bonds is 4. The second-order valence-electron chi connectivity index (χ2n) is 6.29. The lowest BCUT2D eigenvalue weighted by molar-refractivity contribution is 0.0383. The first kappa shape index (κ1) is 17.4. The van der Waals surface area contributed by atoms with Gasteiger partial charge >= 0.3 is 5.97 Å². The molecule has 1 N–H and O–H groups in total. The molecule has 5 nitrogen and oxygen atoms in total. The van der Waals surface area contributed by atoms with E-state index in [4.69, 9.17) is 4.74 Å². The predicted octanol–water partition coefficient (Wildman–Crippen LogP) is 4.93. The maximum Gasteiger partial charge on any atom is 0.348 e. The Balaban J connectivity index is 2.06. The summed E-state index contributed by atoms with van der Waals surface area (Å²) in [5.41, 5.74) is 4.22. The van der Waals surface area contributed by atoms with E-state index in [1.165, 1.54) is 28.8 Å². The van der Waals surface area contributed by atoms with E-state index in [9.17, 15) is 4.79 Å². The number of aromatic nitrogens is 2. The third-order valence-corrected chi connectivity index (χ3v) is 5.29. The lowest BCUT2D eigenvalue weighted by Gasteiger charge is -2.12. The molecular formula is C19H21N3O2S. The van der Waals surface area contributed by atoms with Crippen LogP contribution in [0.1, 0.15) is 40.2 Å². The highest BCUT2D eigenvalue weighted by Crippen LogP contribution is 2.35. The first-order valence-corrected chi connectivity index (χ1v) is 8.98. The van der Waals surface area contributed by atoms with E-state index in [-0.39, 0.29) is 12.1 Å². The molecule has 3 aromatic rings. The monoisotopic (exact) mass is 355 g/mol. The number of benzene rings is 1. The fraction of sp³-hybridized carbons (Fsp3) is 0.316. The molecule has 1 aromatic carbocycles. The standard InChI is InChI=1S/C19H21N3O2S/c1-10(2)24-19(23)16-13(5)15-17(20-9-21-18(15)25-16)22-14-8-6-7-11(3)12(14)4/h6-10H,1-5H3,(H,20,21,22). The number of thiophene rings is 1. The first-order chi connectivity index (χ1) is 11.9. The average molecular weight is 355 g/mol. The summed E-state index contributed by atoms with van der Waals surface area (Å²) in [6, 6.07) is 6.10. The molecule has 3 rings (SSSR count). The summed E-state index contributed by atoms with van der Waals surface area (Å²) < 4.78 is 5.34. The normalized spacial score (nSPS) is 11.1. The Morgan fingerprint density at radius 3 is 2.64 bits per heavy atom. The molecule has 0 spiro atoms. The number of hydrogen-bond donors (Lipinski definition) is 1. The first-order valence-electron chi connectivity index (χ1n) is 8.16. The number of fused-ring (bicyclic) bond motifs is 1. The molecule has 25 heavy (non-hydrogen) atoms. The minimum atomic E-state index is -0.312. The number of anilines is 2. The van der Waals surface area contributed by atoms with Crippen LogP contribution in [0.3, 0.4) is 0 Å². The van der Waals surface area contributed by atoms with Crippen LogP contribution in [0, 0.1) is 20.8 Å². The van der Waals surface area contributed by atoms with Gasteiger partial charge in [-0.2, -0.15) is 0 Å². The van der Waals surface area contributed by atoms with E-state index in [0.717, 1.165) is 21.5 Å². The quantitative estimate of drug-likeness (QED) is 0.673. The molecule has 0 amide bonds. The van der Waals surface area contributed by atoms with Crippen LogP contribution in [0.4, 0.5) is 11.5 Å². The van der Waals surface area contributed by atoms with E-state index in [1.807, 2.05) is 32.9 Å². The molecule has 6 heteroatoms. The zero-order valence-electron chi connectivity index (χ0n) is 15.0. The summed E-state index contributed by atoms with van der Waals surface area (Å²) in [5, 5.41) is 4.26. The lowest BCUT2D eigenvalue weighted by atomic mass is 10.1. The molecule has 0 bridgehead atoms. The number of aryl methyl sites for hydroxylation is 2. The number of nitrogens with zero attached hydrogens (tertiary/aromatic N) is 2. The van der Waals surface area contributed by atoms with Crippen molar-refractivity contribution in [1.29, 1.82) is 0 Å². The van der Waals surface area contributed by atoms with Gasteiger partial charge in [-0.05, 0) is 57.4 Å². The van der Waals surface area contributed by atoms with Gasteiger partial charge in [-0.1, -0.05) is 12.1 Å². The fourth-order valence-electron chi connectivity index (χ4n) is 2.64. The second kappa shape index (κ2) is 6.80. The van der Waals surface area contributed by atoms with E-state index >= 15 is 0 Å². The van der Waals surface area contributed by atoms with Crippen molar-refractivity contribution in [2.75, 3.05) is 5.32 Å². The van der Waals surface area contributed by atoms with Crippen molar-refractivity contribution in [2.24, 2.45) is 0 Å². The van der Waals surface area contributed by atoms with Crippen LogP contribution < -0.4 is 5.32 Å². The summed E-state index contributed by atoms with van der Waals surface area (Å²) in [4.78, 5) is 22.4. The van der Waals surface area contributed by atoms with Gasteiger partial charge in [0.15, 0.2) is 0 Å². The van der Waals surface area contributed by atoms with E-state index in [2.05, 4.69) is 35.2 Å². The lowest BCUT2D eigenvalue weighted by Crippen LogP contribution is -2.11. The van der Waals surface area contributed by atoms with Crippen molar-refractivity contribution >= 4 is 39.0 Å². The Morgan fingerprint density at radius 2 is 1.92 bits per heavy atom. The molecule has 130 valence electrons. The molecule has 2 aromatic heterocycles. The van der Waals surface area contributed by atoms with Gasteiger partial charge in [-0.25, -0.2) is 14.8 Å². The third-order valence-electron chi connectivity index (χ3n) is 4.11. The van der Waals surface area contributed by atoms with E-state index in [1.54, 1.807) is 0 Å². The van der Waals surface area contributed by atoms with Crippen LogP contribution in [0.2, 0.25) is 0 Å². The zero-order chi connectivity index (χ0) is 18.1. The smallest absolute Gasteiger partial charge is 0.348 e. The van der Waals surface area contributed by atoms with Crippen LogP contribution in [0.25, 0.3) is 10.2 Å². The fourth-order valence-corrected chi connectivity index (χ4v) is 3.67. The molecule has 0 aliphatic rings. The van der Waals surface area contributed by atoms with Gasteiger partial charge in [-0.15, -0.1) is 11.3 Å². The number of ether oxygens (including phenoxy) is 1. The van der Waals surface area contributed by atoms with Crippen molar-refractivity contribution in [3.8, 4) is 0 Å². The van der Waals surface area contributed by atoms with E-state index < -0.39 is 0 Å². The van der Waals surface area contributed by atoms with Crippen LogP contribution in [-0.2, 0) is 4.74 Å². The minimum absolute atomic E-state index is 0.157. The Bertz CT molecular complexity index is 947. The highest BCUT2D eigenvalue weighted by atomic mass is 32.1. The Morgan fingerprint density at radius 1 is 1.16 bits per heavy atom. The van der Waals surface area contributed by atoms with Crippen LogP contribution in [-0.4, -0.2) is 22.0 Å². The summed E-state index contributed by atoms with van der Waals surface area (Å²) in [6.45, 7) is 9.74. The van der Waals surface area contributed by atoms with Crippen molar-refractivity contribution in [3.05, 3.63) is 46.1 Å². The molecular weight excluding hydrogens is 334 g/mol. The zero-order valence-corrected chi connectivity index (χ0v) is 15.8. The van der Waals surface area contributed by atoms with Crippen LogP contribution >= 0.6 is 11.3 Å². The maximum absolute atomic E-state index is 12.3. The van der Waals surface area contributed by atoms with Gasteiger partial charge < -0.3 is 10.1 Å². The predicted molar refractivity (Wildman–Crippen MR) is 102 cm³/mol. The molecule has 0 fully saturated rings. The van der Waals surface area contributed by atoms with Crippen molar-refractivity contribution in [3.63, 3.8) is 0 Å². The molecule has 0 atom stereocenters. The number of carbonyl (C=O) groups excluding carboxylic acids is 1. The van der Waals surface area contributed by atoms with Gasteiger partial charge in [0, 0.05) is 5.69 Å². The SMILES string of the molecule is Cc1cccc(Nc2ncnc3sc(C(=O)OC(C)C)c(C)c23)c1C. The minimum Gasteiger partial charge on any atom is -0.459 e. The number of hydrogen-bond acceptors (Lipinski definition) is 6. The summed E-state index contributed by atoms with van der Waals surface area (Å²) in [5.74, 6) is 0.393. The third kappa shape index (κ3) is 3.35. The number of nitrogens with one attached hydrogen (secondary N) is 1. The number of esters is 1. The topological polar surface area (TPSA) is 64.1 Å². The van der Waals surface area contributed by atoms with Gasteiger partial charge in [0.05, 0.1) is 11.5 Å². The van der Waals surface area contributed by atoms with Crippen molar-refractivity contribution in [2.45, 2.75) is 40.7 Å². The molecule has 2 heterocycles.